The number of nitrogens with one attached hydrogen (secondary N) is 2. The third kappa shape index (κ3) is 19.6. The largest absolute Gasteiger partial charge is 0.478 e. The maximum atomic E-state index is 13.5. The highest BCUT2D eigenvalue weighted by atomic mass is 32.2. The Labute approximate surface area is 568 Å². The number of esters is 2. The average Bonchev–Trinajstić information content (AvgIpc) is 1.60. The molecule has 2 aliphatic carbocycles. The summed E-state index contributed by atoms with van der Waals surface area (Å²) in [4.78, 5) is 78.2. The highest BCUT2D eigenvalue weighted by Crippen LogP contribution is 2.52. The molecule has 4 heterocycles. The molecule has 0 spiro atoms. The average molecular weight is 1430 g/mol. The van der Waals surface area contributed by atoms with Gasteiger partial charge in [0.05, 0.1) is 59.5 Å². The van der Waals surface area contributed by atoms with Crippen LogP contribution >= 0.6 is 15.6 Å². The van der Waals surface area contributed by atoms with Gasteiger partial charge in [-0.3, -0.25) is 36.8 Å². The molecule has 4 N–H and O–H groups in total. The lowest BCUT2D eigenvalue weighted by Crippen LogP contribution is -2.33. The van der Waals surface area contributed by atoms with E-state index in [2.05, 4.69) is 20.1 Å². The number of hydrogen-bond donors (Lipinski definition) is 4. The zero-order chi connectivity index (χ0) is 70.7. The molecular formula is C68H80N6O20P2S2. The van der Waals surface area contributed by atoms with Gasteiger partial charge in [-0.05, 0) is 111 Å². The van der Waals surface area contributed by atoms with Gasteiger partial charge in [0.2, 0.25) is 45.1 Å². The van der Waals surface area contributed by atoms with Crippen molar-refractivity contribution in [2.45, 2.75) is 104 Å². The van der Waals surface area contributed by atoms with Gasteiger partial charge < -0.3 is 38.7 Å². The predicted octanol–water partition coefficient (Wildman–Crippen LogP) is 12.1. The lowest BCUT2D eigenvalue weighted by Gasteiger charge is -2.24. The van der Waals surface area contributed by atoms with Crippen molar-refractivity contribution >= 4 is 93.3 Å². The normalized spacial score (nSPS) is 14.1. The van der Waals surface area contributed by atoms with Gasteiger partial charge in [-0.15, -0.1) is 0 Å². The first-order valence-electron chi connectivity index (χ1n) is 31.7. The smallest absolute Gasteiger partial charge is 0.438 e. The molecule has 2 amide bonds. The maximum Gasteiger partial charge on any atom is 0.478 e. The van der Waals surface area contributed by atoms with Crippen molar-refractivity contribution in [3.8, 4) is 22.6 Å². The highest BCUT2D eigenvalue weighted by Gasteiger charge is 2.37. The Morgan fingerprint density at radius 2 is 0.939 bits per heavy atom. The Kier molecular flexibility index (Phi) is 24.4. The molecule has 26 nitrogen and oxygen atoms in total. The van der Waals surface area contributed by atoms with Gasteiger partial charge in [-0.25, -0.2) is 35.0 Å². The third-order valence-electron chi connectivity index (χ3n) is 16.3. The van der Waals surface area contributed by atoms with Crippen LogP contribution in [0, 0.1) is 25.7 Å². The second-order valence-electron chi connectivity index (χ2n) is 24.2. The lowest BCUT2D eigenvalue weighted by atomic mass is 10.0. The zero-order valence-electron chi connectivity index (χ0n) is 55.5. The summed E-state index contributed by atoms with van der Waals surface area (Å²) in [6.45, 7) is 5.45. The number of pyridine rings is 2. The van der Waals surface area contributed by atoms with Crippen LogP contribution in [0.5, 0.6) is 0 Å². The first-order valence-corrected chi connectivity index (χ1v) is 38.4. The highest BCUT2D eigenvalue weighted by molar-refractivity contribution is 7.92. The fourth-order valence-corrected chi connectivity index (χ4v) is 13.7. The molecule has 10 rings (SSSR count). The first-order chi connectivity index (χ1) is 46.5. The van der Waals surface area contributed by atoms with E-state index in [1.165, 1.54) is 15.7 Å². The number of anilines is 2. The van der Waals surface area contributed by atoms with Crippen molar-refractivity contribution in [1.82, 2.24) is 20.6 Å². The van der Waals surface area contributed by atoms with E-state index in [4.69, 9.17) is 46.7 Å². The number of aryl methyl sites for hydroxylation is 2. The second-order valence-corrected chi connectivity index (χ2v) is 30.9. The number of aromatic nitrogens is 2. The van der Waals surface area contributed by atoms with Gasteiger partial charge in [-0.1, -0.05) is 134 Å². The summed E-state index contributed by atoms with van der Waals surface area (Å²) in [5, 5.41) is 6.33. The summed E-state index contributed by atoms with van der Waals surface area (Å²) >= 11 is 0. The number of nitrogens with zero attached hydrogens (tertiary/aromatic N) is 4. The number of sulfonamides is 2. The third-order valence-corrected chi connectivity index (χ3v) is 20.4. The molecule has 0 saturated heterocycles. The molecule has 4 aromatic heterocycles. The van der Waals surface area contributed by atoms with Crippen molar-refractivity contribution in [2.75, 3.05) is 61.9 Å². The first kappa shape index (κ1) is 74.1. The van der Waals surface area contributed by atoms with E-state index < -0.39 is 73.1 Å². The number of benzene rings is 4. The van der Waals surface area contributed by atoms with E-state index in [1.54, 1.807) is 51.2 Å². The number of fused-ring (bicyclic) bond motifs is 2. The van der Waals surface area contributed by atoms with Crippen LogP contribution in [-0.4, -0.2) is 114 Å². The molecule has 0 radical (unpaired) electrons. The topological polar surface area (TPSA) is 349 Å². The number of ether oxygens (including phenoxy) is 2. The monoisotopic (exact) mass is 1430 g/mol. The van der Waals surface area contributed by atoms with Crippen LogP contribution in [-0.2, 0) is 79.5 Å². The van der Waals surface area contributed by atoms with E-state index in [-0.39, 0.29) is 98.7 Å². The molecule has 2 aliphatic rings. The SMILES string of the molecule is CNC(=O)c1c(-c2ccc(C)cc2)oc2nc(N(CCC[C@H](C)C(=O)OCOP(=O)(O)O)S(C)(=O)=O)c(C3CC3)cc12.CNC(=O)c1c(-c2ccc(C)cc2)oc2nc(N(CCC[C@H](C)C(=O)OCOP(=O)(OCc3ccccc3)OCc3ccccc3)S(C)(=O)=O)c(C3CC3)cc12. The van der Waals surface area contributed by atoms with Crippen molar-refractivity contribution in [1.29, 1.82) is 0 Å². The Bertz CT molecular complexity index is 4440. The standard InChI is InChI=1S/C41H46N3O10PS.C27H34N3O10PS/c1-28-17-19-33(20-18-28)37-36(39(45)42-3)35-24-34(32-21-22-32)38(43-40(35)54-37)44(56(4,48)49)23-11-12-29(2)41(46)50-27-53-55(47,51-25-30-13-7-5-8-14-30)52-26-31-15-9-6-10-16-31;1-16-7-9-19(10-8-16)23-22(25(31)28-3)21-14-20(18-11-12-18)24(29-26(21)40-23)30(42(4,36)37)13-5-6-17(2)27(32)38-15-39-41(33,34)35/h5-10,13-20,24,29,32H,11-12,21-23,25-27H2,1-4H3,(H,42,45);7-10,14,17-18H,5-6,11-13,15H2,1-4H3,(H,28,31)(H2,33,34,35)/t29-;17-/m00/s1. The van der Waals surface area contributed by atoms with Crippen molar-refractivity contribution in [2.24, 2.45) is 11.8 Å². The minimum Gasteiger partial charge on any atom is -0.438 e. The minimum absolute atomic E-state index is 0.00148. The summed E-state index contributed by atoms with van der Waals surface area (Å²) in [6.07, 6.45) is 6.58. The molecule has 4 aromatic carbocycles. The van der Waals surface area contributed by atoms with E-state index in [0.29, 0.717) is 55.7 Å². The Morgan fingerprint density at radius 1 is 0.571 bits per heavy atom. The second kappa shape index (κ2) is 32.2. The summed E-state index contributed by atoms with van der Waals surface area (Å²) in [6, 6.07) is 36.9. The van der Waals surface area contributed by atoms with Crippen molar-refractivity contribution in [3.63, 3.8) is 0 Å². The van der Waals surface area contributed by atoms with Gasteiger partial charge in [0, 0.05) is 38.3 Å². The molecule has 524 valence electrons. The number of rotatable bonds is 32. The molecule has 98 heavy (non-hydrogen) atoms. The zero-order valence-corrected chi connectivity index (χ0v) is 58.9. The van der Waals surface area contributed by atoms with Gasteiger partial charge in [-0.2, -0.15) is 9.97 Å². The van der Waals surface area contributed by atoms with E-state index in [9.17, 15) is 45.1 Å². The van der Waals surface area contributed by atoms with Crippen LogP contribution in [0.4, 0.5) is 11.6 Å². The van der Waals surface area contributed by atoms with Crippen LogP contribution in [0.2, 0.25) is 0 Å². The van der Waals surface area contributed by atoms with Gasteiger partial charge in [0.25, 0.3) is 11.8 Å². The quantitative estimate of drug-likeness (QED) is 0.0173. The van der Waals surface area contributed by atoms with E-state index in [1.807, 2.05) is 105 Å². The Hall–Kier alpha value is -8.14. The van der Waals surface area contributed by atoms with E-state index >= 15 is 0 Å². The number of carbonyl (C=O) groups excluding carboxylic acids is 4. The molecule has 30 heteroatoms. The minimum atomic E-state index is -4.78. The van der Waals surface area contributed by atoms with Crippen LogP contribution in [0.25, 0.3) is 44.8 Å². The van der Waals surface area contributed by atoms with Crippen LogP contribution in [0.3, 0.4) is 0 Å². The molecule has 2 atom stereocenters. The van der Waals surface area contributed by atoms with Crippen LogP contribution in [0.1, 0.15) is 131 Å². The van der Waals surface area contributed by atoms with Gasteiger partial charge >= 0.3 is 27.6 Å². The fraction of sp³-hybridized carbons (Fsp3) is 0.382. The van der Waals surface area contributed by atoms with Crippen molar-refractivity contribution in [3.05, 3.63) is 166 Å². The number of amides is 2. The molecule has 2 fully saturated rings. The fourth-order valence-electron chi connectivity index (χ4n) is 10.7. The van der Waals surface area contributed by atoms with Gasteiger partial charge in [0.15, 0.2) is 0 Å². The predicted molar refractivity (Wildman–Crippen MR) is 366 cm³/mol. The molecule has 0 bridgehead atoms. The van der Waals surface area contributed by atoms with E-state index in [0.717, 1.165) is 60.4 Å². The van der Waals surface area contributed by atoms with Crippen molar-refractivity contribution < 1.29 is 91.3 Å². The number of hydrogen-bond acceptors (Lipinski definition) is 20. The summed E-state index contributed by atoms with van der Waals surface area (Å²) in [5.74, 6) is -2.16. The Balaban J connectivity index is 0.000000239. The maximum absolute atomic E-state index is 13.5. The van der Waals surface area contributed by atoms with Crippen LogP contribution < -0.4 is 19.2 Å². The summed E-state index contributed by atoms with van der Waals surface area (Å²) in [5.41, 5.74) is 7.26. The molecule has 8 aromatic rings. The molecule has 0 unspecified atom stereocenters. The lowest BCUT2D eigenvalue weighted by molar-refractivity contribution is -0.156. The number of phosphoric ester groups is 2. The van der Waals surface area contributed by atoms with Gasteiger partial charge in [0.1, 0.15) is 23.2 Å². The summed E-state index contributed by atoms with van der Waals surface area (Å²) < 4.78 is 122. The number of phosphoric acid groups is 2. The summed E-state index contributed by atoms with van der Waals surface area (Å²) in [7, 11) is -13.5. The number of furan rings is 2. The number of carbonyl (C=O) groups is 4. The molecular weight excluding hydrogens is 1350 g/mol. The molecule has 2 saturated carbocycles. The molecule has 0 aliphatic heterocycles. The Morgan fingerprint density at radius 3 is 1.28 bits per heavy atom. The van der Waals surface area contributed by atoms with Crippen LogP contribution in [0.15, 0.2) is 130 Å².